The van der Waals surface area contributed by atoms with E-state index in [-0.39, 0.29) is 5.82 Å². The molecule has 2 N–H and O–H groups in total. The van der Waals surface area contributed by atoms with E-state index >= 15 is 4.39 Å². The number of hydrogen-bond acceptors (Lipinski definition) is 4. The standard InChI is InChI=1S/C26H38BFN2O2Si/c1-16(2)33(17(3)4,18(5)6)14-13-19-21(28)11-12-22-24(19)20(15-23(29)30-22)27-31-25(7,8)26(9,10)32-27/h11-12,15-18H,1-10H3,(H2,29,30). The van der Waals surface area contributed by atoms with Crippen molar-refractivity contribution in [3.63, 3.8) is 0 Å². The van der Waals surface area contributed by atoms with Gasteiger partial charge in [-0.25, -0.2) is 9.37 Å². The summed E-state index contributed by atoms with van der Waals surface area (Å²) in [5.74, 6) is 3.29. The number of nitrogen functional groups attached to an aromatic ring is 1. The molecular formula is C26H38BFN2O2Si. The van der Waals surface area contributed by atoms with Crippen LogP contribution >= 0.6 is 0 Å². The van der Waals surface area contributed by atoms with E-state index in [9.17, 15) is 0 Å². The van der Waals surface area contributed by atoms with Crippen LogP contribution in [-0.2, 0) is 9.31 Å². The molecule has 0 spiro atoms. The summed E-state index contributed by atoms with van der Waals surface area (Å²) in [5.41, 5.74) is 11.7. The summed E-state index contributed by atoms with van der Waals surface area (Å²) in [4.78, 5) is 4.48. The number of nitrogens with zero attached hydrogens (tertiary/aromatic N) is 1. The van der Waals surface area contributed by atoms with Crippen LogP contribution in [-0.4, -0.2) is 31.4 Å². The Morgan fingerprint density at radius 2 is 1.48 bits per heavy atom. The lowest BCUT2D eigenvalue weighted by molar-refractivity contribution is 0.00578. The van der Waals surface area contributed by atoms with Gasteiger partial charge in [0.15, 0.2) is 0 Å². The van der Waals surface area contributed by atoms with E-state index in [1.165, 1.54) is 6.07 Å². The van der Waals surface area contributed by atoms with Gasteiger partial charge in [0.25, 0.3) is 0 Å². The second-order valence-electron chi connectivity index (χ2n) is 11.2. The summed E-state index contributed by atoms with van der Waals surface area (Å²) in [6.45, 7) is 21.5. The van der Waals surface area contributed by atoms with Gasteiger partial charge in [-0.15, -0.1) is 5.54 Å². The van der Waals surface area contributed by atoms with Gasteiger partial charge >= 0.3 is 7.12 Å². The largest absolute Gasteiger partial charge is 0.495 e. The summed E-state index contributed by atoms with van der Waals surface area (Å²) in [6.07, 6.45) is 0. The third-order valence-corrected chi connectivity index (χ3v) is 14.0. The molecule has 2 aromatic rings. The van der Waals surface area contributed by atoms with Gasteiger partial charge in [0, 0.05) is 5.39 Å². The highest BCUT2D eigenvalue weighted by molar-refractivity contribution is 6.90. The minimum atomic E-state index is -2.06. The lowest BCUT2D eigenvalue weighted by Crippen LogP contribution is -2.43. The fourth-order valence-corrected chi connectivity index (χ4v) is 10.4. The first-order valence-corrected chi connectivity index (χ1v) is 14.1. The zero-order valence-corrected chi connectivity index (χ0v) is 22.8. The fourth-order valence-electron chi connectivity index (χ4n) is 5.24. The second kappa shape index (κ2) is 8.72. The van der Waals surface area contributed by atoms with E-state index in [1.54, 1.807) is 12.1 Å². The number of aromatic nitrogens is 1. The van der Waals surface area contributed by atoms with E-state index in [4.69, 9.17) is 15.0 Å². The van der Waals surface area contributed by atoms with E-state index in [2.05, 4.69) is 58.0 Å². The van der Waals surface area contributed by atoms with Crippen molar-refractivity contribution in [1.82, 2.24) is 4.98 Å². The first kappa shape index (κ1) is 25.7. The summed E-state index contributed by atoms with van der Waals surface area (Å²) in [7, 11) is -2.75. The van der Waals surface area contributed by atoms with E-state index < -0.39 is 26.4 Å². The van der Waals surface area contributed by atoms with Crippen LogP contribution in [0, 0.1) is 17.3 Å². The van der Waals surface area contributed by atoms with Crippen LogP contribution in [0.25, 0.3) is 10.9 Å². The Bertz CT molecular complexity index is 1080. The van der Waals surface area contributed by atoms with Crippen molar-refractivity contribution in [3.8, 4) is 11.5 Å². The smallest absolute Gasteiger partial charge is 0.399 e. The van der Waals surface area contributed by atoms with Crippen molar-refractivity contribution in [2.45, 2.75) is 97.1 Å². The van der Waals surface area contributed by atoms with Gasteiger partial charge in [0.2, 0.25) is 0 Å². The number of pyridine rings is 1. The quantitative estimate of drug-likeness (QED) is 0.454. The van der Waals surface area contributed by atoms with Crippen LogP contribution in [0.1, 0.15) is 74.8 Å². The molecule has 0 bridgehead atoms. The van der Waals surface area contributed by atoms with Gasteiger partial charge in [-0.1, -0.05) is 47.5 Å². The molecule has 4 nitrogen and oxygen atoms in total. The molecule has 0 amide bonds. The first-order chi connectivity index (χ1) is 15.1. The topological polar surface area (TPSA) is 57.4 Å². The molecule has 3 rings (SSSR count). The molecule has 1 aromatic heterocycles. The van der Waals surface area contributed by atoms with Gasteiger partial charge in [-0.3, -0.25) is 0 Å². The normalized spacial score (nSPS) is 17.8. The van der Waals surface area contributed by atoms with Gasteiger partial charge in [0.1, 0.15) is 19.7 Å². The Kier molecular flexibility index (Phi) is 6.80. The van der Waals surface area contributed by atoms with Crippen molar-refractivity contribution in [1.29, 1.82) is 0 Å². The lowest BCUT2D eigenvalue weighted by atomic mass is 9.76. The van der Waals surface area contributed by atoms with Crippen molar-refractivity contribution in [2.75, 3.05) is 5.73 Å². The third-order valence-electron chi connectivity index (χ3n) is 7.75. The van der Waals surface area contributed by atoms with Crippen LogP contribution < -0.4 is 11.2 Å². The van der Waals surface area contributed by atoms with Crippen LogP contribution in [0.3, 0.4) is 0 Å². The number of benzene rings is 1. The molecule has 0 atom stereocenters. The highest BCUT2D eigenvalue weighted by Crippen LogP contribution is 2.41. The predicted molar refractivity (Wildman–Crippen MR) is 140 cm³/mol. The maximum atomic E-state index is 15.3. The summed E-state index contributed by atoms with van der Waals surface area (Å²) < 4.78 is 27.9. The maximum absolute atomic E-state index is 15.3. The zero-order valence-electron chi connectivity index (χ0n) is 21.8. The zero-order chi connectivity index (χ0) is 24.9. The molecule has 2 heterocycles. The number of fused-ring (bicyclic) bond motifs is 1. The molecule has 7 heteroatoms. The second-order valence-corrected chi connectivity index (χ2v) is 16.8. The third kappa shape index (κ3) is 4.34. The molecule has 0 unspecified atom stereocenters. The van der Waals surface area contributed by atoms with Gasteiger partial charge < -0.3 is 15.0 Å². The molecular weight excluding hydrogens is 430 g/mol. The SMILES string of the molecule is CC(C)[Si](C#Cc1c(F)ccc2nc(N)cc(B3OC(C)(C)C(C)(C)O3)c12)(C(C)C)C(C)C. The lowest BCUT2D eigenvalue weighted by Gasteiger charge is -2.38. The Morgan fingerprint density at radius 3 is 1.97 bits per heavy atom. The number of anilines is 1. The van der Waals surface area contributed by atoms with Crippen molar-refractivity contribution in [3.05, 3.63) is 29.6 Å². The van der Waals surface area contributed by atoms with Gasteiger partial charge in [-0.05, 0) is 68.0 Å². The van der Waals surface area contributed by atoms with E-state index in [1.807, 2.05) is 27.7 Å². The molecule has 0 radical (unpaired) electrons. The highest BCUT2D eigenvalue weighted by Gasteiger charge is 2.52. The van der Waals surface area contributed by atoms with Crippen LogP contribution in [0.2, 0.25) is 16.6 Å². The Labute approximate surface area is 200 Å². The molecule has 1 aromatic carbocycles. The number of halogens is 1. The molecule has 1 saturated heterocycles. The molecule has 33 heavy (non-hydrogen) atoms. The Morgan fingerprint density at radius 1 is 0.970 bits per heavy atom. The van der Waals surface area contributed by atoms with Crippen LogP contribution in [0.5, 0.6) is 0 Å². The number of nitrogens with two attached hydrogens (primary N) is 1. The molecule has 1 fully saturated rings. The van der Waals surface area contributed by atoms with Crippen LogP contribution in [0.4, 0.5) is 10.2 Å². The molecule has 1 aliphatic heterocycles. The van der Waals surface area contributed by atoms with E-state index in [0.29, 0.717) is 44.4 Å². The summed E-state index contributed by atoms with van der Waals surface area (Å²) in [6, 6.07) is 4.81. The maximum Gasteiger partial charge on any atom is 0.495 e. The minimum absolute atomic E-state index is 0.341. The van der Waals surface area contributed by atoms with Gasteiger partial charge in [-0.2, -0.15) is 0 Å². The molecule has 0 saturated carbocycles. The van der Waals surface area contributed by atoms with Crippen molar-refractivity contribution >= 4 is 37.4 Å². The number of hydrogen-bond donors (Lipinski definition) is 1. The Balaban J connectivity index is 2.30. The van der Waals surface area contributed by atoms with Gasteiger partial charge in [0.05, 0.1) is 22.3 Å². The molecule has 1 aliphatic rings. The van der Waals surface area contributed by atoms with Crippen LogP contribution in [0.15, 0.2) is 18.2 Å². The minimum Gasteiger partial charge on any atom is -0.399 e. The summed E-state index contributed by atoms with van der Waals surface area (Å²) in [5, 5.41) is 0.620. The Hall–Kier alpha value is -1.88. The summed E-state index contributed by atoms with van der Waals surface area (Å²) >= 11 is 0. The fraction of sp³-hybridized carbons (Fsp3) is 0.577. The highest BCUT2D eigenvalue weighted by atomic mass is 28.3. The average Bonchev–Trinajstić information content (AvgIpc) is 2.89. The molecule has 178 valence electrons. The molecule has 0 aliphatic carbocycles. The number of rotatable bonds is 4. The first-order valence-electron chi connectivity index (χ1n) is 11.9. The van der Waals surface area contributed by atoms with Crippen molar-refractivity contribution < 1.29 is 13.7 Å². The predicted octanol–water partition coefficient (Wildman–Crippen LogP) is 5.82. The van der Waals surface area contributed by atoms with Crippen molar-refractivity contribution in [2.24, 2.45) is 0 Å². The van der Waals surface area contributed by atoms with E-state index in [0.717, 1.165) is 0 Å². The monoisotopic (exact) mass is 468 g/mol. The average molecular weight is 468 g/mol.